The molecule has 0 bridgehead atoms. The first-order valence-electron chi connectivity index (χ1n) is 9.23. The van der Waals surface area contributed by atoms with Gasteiger partial charge in [0.1, 0.15) is 18.0 Å². The van der Waals surface area contributed by atoms with Gasteiger partial charge in [0.25, 0.3) is 15.6 Å². The van der Waals surface area contributed by atoms with Gasteiger partial charge in [-0.05, 0) is 50.2 Å². The van der Waals surface area contributed by atoms with Gasteiger partial charge in [0.2, 0.25) is 5.91 Å². The van der Waals surface area contributed by atoms with E-state index in [1.54, 1.807) is 44.3 Å². The number of carbonyl (C=O) groups is 1. The van der Waals surface area contributed by atoms with Crippen LogP contribution in [0, 0.1) is 13.8 Å². The van der Waals surface area contributed by atoms with E-state index in [1.807, 2.05) is 6.92 Å². The first-order valence-corrected chi connectivity index (χ1v) is 10.7. The minimum atomic E-state index is -3.93. The van der Waals surface area contributed by atoms with E-state index >= 15 is 0 Å². The van der Waals surface area contributed by atoms with Crippen LogP contribution in [0.15, 0.2) is 68.9 Å². The molecule has 9 heteroatoms. The molecule has 3 rings (SSSR count). The predicted molar refractivity (Wildman–Crippen MR) is 113 cm³/mol. The summed E-state index contributed by atoms with van der Waals surface area (Å²) in [5.74, 6) is 0.310. The molecule has 0 fully saturated rings. The summed E-state index contributed by atoms with van der Waals surface area (Å²) in [5.41, 5.74) is 0.745. The number of nitrogens with one attached hydrogen (secondary N) is 1. The summed E-state index contributed by atoms with van der Waals surface area (Å²) in [5, 5.41) is 0. The van der Waals surface area contributed by atoms with Crippen LogP contribution in [0.2, 0.25) is 0 Å². The van der Waals surface area contributed by atoms with Crippen molar-refractivity contribution < 1.29 is 17.6 Å². The molecule has 1 amide bonds. The number of furan rings is 1. The highest BCUT2D eigenvalue weighted by molar-refractivity contribution is 7.92. The van der Waals surface area contributed by atoms with Crippen molar-refractivity contribution >= 4 is 21.6 Å². The number of carbonyl (C=O) groups excluding carboxylic acids is 1. The fourth-order valence-electron chi connectivity index (χ4n) is 2.85. The number of sulfonamides is 1. The van der Waals surface area contributed by atoms with E-state index in [0.717, 1.165) is 5.56 Å². The Balaban J connectivity index is 1.82. The van der Waals surface area contributed by atoms with E-state index in [2.05, 4.69) is 4.72 Å². The molecule has 0 saturated carbocycles. The number of amides is 1. The fourth-order valence-corrected chi connectivity index (χ4v) is 3.90. The van der Waals surface area contributed by atoms with Crippen molar-refractivity contribution in [2.24, 2.45) is 0 Å². The Hall–Kier alpha value is -3.33. The summed E-state index contributed by atoms with van der Waals surface area (Å²) in [6, 6.07) is 12.8. The molecule has 0 aliphatic heterocycles. The summed E-state index contributed by atoms with van der Waals surface area (Å²) in [6.45, 7) is 3.57. The van der Waals surface area contributed by atoms with Crippen molar-refractivity contribution in [3.8, 4) is 0 Å². The topological polar surface area (TPSA) is 102 Å². The molecular weight excluding hydrogens is 406 g/mol. The SMILES string of the molecule is Cc1ccc(S(=O)(=O)Nc2ccc(C)n(CC(=O)N(C)Cc3ccco3)c2=O)cc1. The zero-order chi connectivity index (χ0) is 21.9. The van der Waals surface area contributed by atoms with Gasteiger partial charge in [-0.1, -0.05) is 17.7 Å². The number of hydrogen-bond donors (Lipinski definition) is 1. The highest BCUT2D eigenvalue weighted by Gasteiger charge is 2.19. The normalized spacial score (nSPS) is 11.3. The van der Waals surface area contributed by atoms with Crippen LogP contribution in [0.1, 0.15) is 17.0 Å². The second-order valence-electron chi connectivity index (χ2n) is 7.03. The highest BCUT2D eigenvalue weighted by Crippen LogP contribution is 2.15. The summed E-state index contributed by atoms with van der Waals surface area (Å²) < 4.78 is 34.1. The zero-order valence-electron chi connectivity index (χ0n) is 17.0. The standard InChI is InChI=1S/C21H23N3O5S/c1-15-6-9-18(10-7-15)30(27,28)22-19-11-8-16(2)24(21(19)26)14-20(25)23(3)13-17-5-4-12-29-17/h4-12,22H,13-14H2,1-3H3. The Morgan fingerprint density at radius 1 is 1.10 bits per heavy atom. The molecule has 0 spiro atoms. The predicted octanol–water partition coefficient (Wildman–Crippen LogP) is 2.52. The first-order chi connectivity index (χ1) is 14.2. The van der Waals surface area contributed by atoms with Crippen molar-refractivity contribution in [1.82, 2.24) is 9.47 Å². The number of hydrogen-bond acceptors (Lipinski definition) is 5. The van der Waals surface area contributed by atoms with Gasteiger partial charge in [0, 0.05) is 12.7 Å². The minimum Gasteiger partial charge on any atom is -0.467 e. The van der Waals surface area contributed by atoms with Crippen LogP contribution in [-0.4, -0.2) is 30.8 Å². The van der Waals surface area contributed by atoms with Crippen LogP contribution < -0.4 is 10.3 Å². The van der Waals surface area contributed by atoms with Gasteiger partial charge >= 0.3 is 0 Å². The second kappa shape index (κ2) is 8.58. The molecule has 0 aliphatic carbocycles. The van der Waals surface area contributed by atoms with Crippen molar-refractivity contribution in [3.63, 3.8) is 0 Å². The van der Waals surface area contributed by atoms with Gasteiger partial charge in [-0.2, -0.15) is 0 Å². The Kier molecular flexibility index (Phi) is 6.12. The van der Waals surface area contributed by atoms with Gasteiger partial charge in [-0.3, -0.25) is 14.3 Å². The number of pyridine rings is 1. The monoisotopic (exact) mass is 429 g/mol. The number of anilines is 1. The van der Waals surface area contributed by atoms with E-state index in [4.69, 9.17) is 4.42 Å². The first kappa shape index (κ1) is 21.4. The Bertz CT molecular complexity index is 1200. The number of nitrogens with zero attached hydrogens (tertiary/aromatic N) is 2. The summed E-state index contributed by atoms with van der Waals surface area (Å²) in [7, 11) is -2.33. The quantitative estimate of drug-likeness (QED) is 0.622. The van der Waals surface area contributed by atoms with E-state index in [1.165, 1.54) is 33.9 Å². The highest BCUT2D eigenvalue weighted by atomic mass is 32.2. The number of rotatable bonds is 7. The molecule has 2 aromatic heterocycles. The van der Waals surface area contributed by atoms with Gasteiger partial charge in [0.15, 0.2) is 0 Å². The maximum absolute atomic E-state index is 12.9. The van der Waals surface area contributed by atoms with Crippen LogP contribution >= 0.6 is 0 Å². The molecule has 2 heterocycles. The summed E-state index contributed by atoms with van der Waals surface area (Å²) in [6.07, 6.45) is 1.52. The molecule has 0 unspecified atom stereocenters. The largest absolute Gasteiger partial charge is 0.467 e. The van der Waals surface area contributed by atoms with Crippen molar-refractivity contribution in [1.29, 1.82) is 0 Å². The lowest BCUT2D eigenvalue weighted by Crippen LogP contribution is -2.35. The van der Waals surface area contributed by atoms with Crippen LogP contribution in [0.3, 0.4) is 0 Å². The van der Waals surface area contributed by atoms with Crippen LogP contribution in [0.25, 0.3) is 0 Å². The van der Waals surface area contributed by atoms with Gasteiger partial charge in [-0.25, -0.2) is 8.42 Å². The fraction of sp³-hybridized carbons (Fsp3) is 0.238. The second-order valence-corrected chi connectivity index (χ2v) is 8.71. The van der Waals surface area contributed by atoms with Gasteiger partial charge < -0.3 is 13.9 Å². The smallest absolute Gasteiger partial charge is 0.275 e. The Morgan fingerprint density at radius 3 is 2.43 bits per heavy atom. The lowest BCUT2D eigenvalue weighted by atomic mass is 10.2. The number of benzene rings is 1. The van der Waals surface area contributed by atoms with Crippen LogP contribution in [0.4, 0.5) is 5.69 Å². The summed E-state index contributed by atoms with van der Waals surface area (Å²) >= 11 is 0. The molecule has 30 heavy (non-hydrogen) atoms. The van der Waals surface area contributed by atoms with Crippen molar-refractivity contribution in [2.75, 3.05) is 11.8 Å². The third-order valence-corrected chi connectivity index (χ3v) is 6.04. The average Bonchev–Trinajstić information content (AvgIpc) is 3.20. The molecule has 0 radical (unpaired) electrons. The molecule has 3 aromatic rings. The van der Waals surface area contributed by atoms with Gasteiger partial charge in [0.05, 0.1) is 17.7 Å². The van der Waals surface area contributed by atoms with E-state index in [0.29, 0.717) is 11.5 Å². The van der Waals surface area contributed by atoms with E-state index in [9.17, 15) is 18.0 Å². The maximum atomic E-state index is 12.9. The number of aromatic nitrogens is 1. The van der Waals surface area contributed by atoms with Crippen LogP contribution in [-0.2, 0) is 27.9 Å². The number of aryl methyl sites for hydroxylation is 2. The Labute approximate surface area is 174 Å². The van der Waals surface area contributed by atoms with E-state index in [-0.39, 0.29) is 29.6 Å². The lowest BCUT2D eigenvalue weighted by molar-refractivity contribution is -0.131. The van der Waals surface area contributed by atoms with Gasteiger partial charge in [-0.15, -0.1) is 0 Å². The van der Waals surface area contributed by atoms with E-state index < -0.39 is 15.6 Å². The Morgan fingerprint density at radius 2 is 1.80 bits per heavy atom. The summed E-state index contributed by atoms with van der Waals surface area (Å²) in [4.78, 5) is 26.9. The molecule has 158 valence electrons. The lowest BCUT2D eigenvalue weighted by Gasteiger charge is -2.18. The third kappa shape index (κ3) is 4.80. The third-order valence-electron chi connectivity index (χ3n) is 4.66. The molecule has 0 atom stereocenters. The molecule has 0 saturated heterocycles. The molecule has 1 N–H and O–H groups in total. The molecular formula is C21H23N3O5S. The molecule has 1 aromatic carbocycles. The van der Waals surface area contributed by atoms with Crippen molar-refractivity contribution in [3.05, 3.63) is 82.2 Å². The average molecular weight is 429 g/mol. The zero-order valence-corrected chi connectivity index (χ0v) is 17.8. The number of likely N-dealkylation sites (N-methyl/N-ethyl adjacent to an activating group) is 1. The molecule has 8 nitrogen and oxygen atoms in total. The molecule has 0 aliphatic rings. The minimum absolute atomic E-state index is 0.0499. The van der Waals surface area contributed by atoms with Crippen LogP contribution in [0.5, 0.6) is 0 Å². The van der Waals surface area contributed by atoms with Crippen molar-refractivity contribution in [2.45, 2.75) is 31.8 Å². The maximum Gasteiger partial charge on any atom is 0.275 e.